The van der Waals surface area contributed by atoms with Crippen molar-refractivity contribution in [2.75, 3.05) is 6.54 Å². The minimum absolute atomic E-state index is 0.222. The number of H-pyrrole nitrogens is 1. The maximum atomic E-state index is 12.2. The zero-order valence-electron chi connectivity index (χ0n) is 13.4. The van der Waals surface area contributed by atoms with E-state index in [9.17, 15) is 9.59 Å². The molecular formula is C15H13N9O2. The Kier molecular flexibility index (Phi) is 3.94. The number of amides is 1. The Bertz CT molecular complexity index is 1110. The molecule has 0 aliphatic rings. The predicted octanol–water partition coefficient (Wildman–Crippen LogP) is -0.475. The van der Waals surface area contributed by atoms with E-state index >= 15 is 0 Å². The van der Waals surface area contributed by atoms with Gasteiger partial charge in [-0.15, -0.1) is 5.10 Å². The molecule has 4 aromatic rings. The van der Waals surface area contributed by atoms with Gasteiger partial charge in [-0.3, -0.25) is 9.59 Å². The molecule has 1 amide bonds. The number of hydrogen-bond donors (Lipinski definition) is 2. The second-order valence-electron chi connectivity index (χ2n) is 5.38. The number of rotatable bonds is 5. The van der Waals surface area contributed by atoms with Gasteiger partial charge in [-0.2, -0.15) is 20.5 Å². The van der Waals surface area contributed by atoms with Crippen molar-refractivity contribution in [3.05, 3.63) is 58.9 Å². The Hall–Kier alpha value is -3.89. The summed E-state index contributed by atoms with van der Waals surface area (Å²) in [7, 11) is 0. The van der Waals surface area contributed by atoms with E-state index in [1.165, 1.54) is 28.1 Å². The number of carbonyl (C=O) groups is 1. The number of carbonyl (C=O) groups excluding carboxylic acids is 1. The number of fused-ring (bicyclic) bond motifs is 1. The van der Waals surface area contributed by atoms with Crippen molar-refractivity contribution >= 4 is 16.9 Å². The van der Waals surface area contributed by atoms with Gasteiger partial charge in [0.1, 0.15) is 23.7 Å². The van der Waals surface area contributed by atoms with Gasteiger partial charge >= 0.3 is 0 Å². The molecule has 0 unspecified atom stereocenters. The molecule has 0 atom stereocenters. The number of aromatic nitrogens is 8. The molecule has 26 heavy (non-hydrogen) atoms. The molecule has 0 fully saturated rings. The molecule has 3 aromatic heterocycles. The normalized spacial score (nSPS) is 10.9. The number of aromatic amines is 1. The van der Waals surface area contributed by atoms with E-state index in [0.29, 0.717) is 22.4 Å². The van der Waals surface area contributed by atoms with Crippen molar-refractivity contribution in [2.45, 2.75) is 6.54 Å². The lowest BCUT2D eigenvalue weighted by atomic mass is 10.2. The van der Waals surface area contributed by atoms with Gasteiger partial charge in [-0.1, -0.05) is 0 Å². The highest BCUT2D eigenvalue weighted by molar-refractivity contribution is 5.97. The van der Waals surface area contributed by atoms with Crippen molar-refractivity contribution in [1.82, 2.24) is 45.3 Å². The lowest BCUT2D eigenvalue weighted by Crippen LogP contribution is -2.32. The molecular weight excluding hydrogens is 338 g/mol. The zero-order valence-corrected chi connectivity index (χ0v) is 13.4. The van der Waals surface area contributed by atoms with Gasteiger partial charge in [0.2, 0.25) is 0 Å². The molecule has 11 heteroatoms. The summed E-state index contributed by atoms with van der Waals surface area (Å²) in [6, 6.07) is 7.96. The first-order chi connectivity index (χ1) is 12.7. The summed E-state index contributed by atoms with van der Waals surface area (Å²) in [5.74, 6) is 0.195. The van der Waals surface area contributed by atoms with Crippen molar-refractivity contribution in [2.24, 2.45) is 0 Å². The summed E-state index contributed by atoms with van der Waals surface area (Å²) >= 11 is 0. The summed E-state index contributed by atoms with van der Waals surface area (Å²) in [6.07, 6.45) is 2.86. The van der Waals surface area contributed by atoms with E-state index in [-0.39, 0.29) is 24.6 Å². The van der Waals surface area contributed by atoms with Crippen LogP contribution < -0.4 is 10.9 Å². The zero-order chi connectivity index (χ0) is 17.9. The standard InChI is InChI=1S/C15H13N9O2/c25-14-4-3-13(24-9-16-8-18-24)21-23(14)6-5-17-15(26)10-1-2-11-12(7-10)20-22-19-11/h1-4,7-9H,5-6H2,(H,17,26)(H,19,20,22). The first-order valence-electron chi connectivity index (χ1n) is 7.72. The highest BCUT2D eigenvalue weighted by atomic mass is 16.2. The molecule has 0 saturated heterocycles. The van der Waals surface area contributed by atoms with E-state index < -0.39 is 0 Å². The van der Waals surface area contributed by atoms with E-state index in [1.54, 1.807) is 24.3 Å². The third-order valence-electron chi connectivity index (χ3n) is 3.69. The van der Waals surface area contributed by atoms with Crippen molar-refractivity contribution in [3.8, 4) is 5.82 Å². The Morgan fingerprint density at radius 3 is 2.88 bits per heavy atom. The Labute approximate surface area is 145 Å². The largest absolute Gasteiger partial charge is 0.350 e. The lowest BCUT2D eigenvalue weighted by molar-refractivity contribution is 0.0952. The first kappa shape index (κ1) is 15.6. The molecule has 0 radical (unpaired) electrons. The average Bonchev–Trinajstić information content (AvgIpc) is 3.34. The maximum Gasteiger partial charge on any atom is 0.266 e. The molecule has 130 valence electrons. The van der Waals surface area contributed by atoms with Gasteiger partial charge in [-0.25, -0.2) is 14.3 Å². The monoisotopic (exact) mass is 351 g/mol. The van der Waals surface area contributed by atoms with Gasteiger partial charge in [0, 0.05) is 18.2 Å². The fraction of sp³-hybridized carbons (Fsp3) is 0.133. The van der Waals surface area contributed by atoms with Crippen LogP contribution in [0.25, 0.3) is 16.9 Å². The van der Waals surface area contributed by atoms with Gasteiger partial charge < -0.3 is 5.32 Å². The molecule has 0 bridgehead atoms. The Balaban J connectivity index is 1.43. The number of nitrogens with zero attached hydrogens (tertiary/aromatic N) is 7. The highest BCUT2D eigenvalue weighted by Gasteiger charge is 2.08. The first-order valence-corrected chi connectivity index (χ1v) is 7.72. The average molecular weight is 351 g/mol. The summed E-state index contributed by atoms with van der Waals surface area (Å²) in [6.45, 7) is 0.461. The Morgan fingerprint density at radius 1 is 1.15 bits per heavy atom. The molecule has 3 heterocycles. The molecule has 4 rings (SSSR count). The van der Waals surface area contributed by atoms with Crippen LogP contribution in [-0.4, -0.2) is 52.4 Å². The van der Waals surface area contributed by atoms with E-state index in [2.05, 4.69) is 35.9 Å². The molecule has 0 spiro atoms. The molecule has 0 aliphatic carbocycles. The van der Waals surface area contributed by atoms with E-state index in [4.69, 9.17) is 0 Å². The second kappa shape index (κ2) is 6.55. The quantitative estimate of drug-likeness (QED) is 0.496. The van der Waals surface area contributed by atoms with Gasteiger partial charge in [0.25, 0.3) is 11.5 Å². The fourth-order valence-corrected chi connectivity index (χ4v) is 2.41. The number of hydrogen-bond acceptors (Lipinski definition) is 7. The highest BCUT2D eigenvalue weighted by Crippen LogP contribution is 2.10. The molecule has 0 aliphatic heterocycles. The fourth-order valence-electron chi connectivity index (χ4n) is 2.41. The smallest absolute Gasteiger partial charge is 0.266 e. The number of nitrogens with one attached hydrogen (secondary N) is 2. The lowest BCUT2D eigenvalue weighted by Gasteiger charge is -2.08. The summed E-state index contributed by atoms with van der Waals surface area (Å²) in [5, 5.41) is 21.3. The Morgan fingerprint density at radius 2 is 2.04 bits per heavy atom. The minimum Gasteiger partial charge on any atom is -0.350 e. The van der Waals surface area contributed by atoms with Gasteiger partial charge in [0.15, 0.2) is 5.82 Å². The van der Waals surface area contributed by atoms with Gasteiger partial charge in [0.05, 0.1) is 6.54 Å². The maximum absolute atomic E-state index is 12.2. The third kappa shape index (κ3) is 3.05. The summed E-state index contributed by atoms with van der Waals surface area (Å²) in [4.78, 5) is 28.0. The topological polar surface area (TPSA) is 136 Å². The van der Waals surface area contributed by atoms with E-state index in [1.807, 2.05) is 0 Å². The van der Waals surface area contributed by atoms with Crippen molar-refractivity contribution in [3.63, 3.8) is 0 Å². The number of benzene rings is 1. The van der Waals surface area contributed by atoms with Crippen molar-refractivity contribution in [1.29, 1.82) is 0 Å². The predicted molar refractivity (Wildman–Crippen MR) is 89.6 cm³/mol. The minimum atomic E-state index is -0.271. The van der Waals surface area contributed by atoms with Crippen LogP contribution in [0.3, 0.4) is 0 Å². The third-order valence-corrected chi connectivity index (χ3v) is 3.69. The molecule has 2 N–H and O–H groups in total. The SMILES string of the molecule is O=C(NCCn1nc(-n2cncn2)ccc1=O)c1ccc2n[nH]nc2c1. The molecule has 11 nitrogen and oxygen atoms in total. The second-order valence-corrected chi connectivity index (χ2v) is 5.38. The molecule has 1 aromatic carbocycles. The van der Waals surface area contributed by atoms with Crippen LogP contribution in [0.5, 0.6) is 0 Å². The van der Waals surface area contributed by atoms with Crippen LogP contribution in [0.2, 0.25) is 0 Å². The van der Waals surface area contributed by atoms with E-state index in [0.717, 1.165) is 0 Å². The van der Waals surface area contributed by atoms with Crippen LogP contribution in [0, 0.1) is 0 Å². The van der Waals surface area contributed by atoms with Crippen LogP contribution in [0.15, 0.2) is 47.8 Å². The summed E-state index contributed by atoms with van der Waals surface area (Å²) in [5.41, 5.74) is 1.48. The summed E-state index contributed by atoms with van der Waals surface area (Å²) < 4.78 is 2.71. The molecule has 0 saturated carbocycles. The van der Waals surface area contributed by atoms with Gasteiger partial charge in [-0.05, 0) is 24.3 Å². The van der Waals surface area contributed by atoms with Crippen LogP contribution in [0.4, 0.5) is 0 Å². The van der Waals surface area contributed by atoms with Crippen LogP contribution in [-0.2, 0) is 6.54 Å². The van der Waals surface area contributed by atoms with Crippen LogP contribution >= 0.6 is 0 Å². The van der Waals surface area contributed by atoms with Crippen LogP contribution in [0.1, 0.15) is 10.4 Å². The van der Waals surface area contributed by atoms with Crippen molar-refractivity contribution < 1.29 is 4.79 Å².